The van der Waals surface area contributed by atoms with Gasteiger partial charge in [0, 0.05) is 6.04 Å². The summed E-state index contributed by atoms with van der Waals surface area (Å²) in [5.41, 5.74) is 0.642. The molecule has 0 spiro atoms. The van der Waals surface area contributed by atoms with Crippen LogP contribution in [-0.4, -0.2) is 49.1 Å². The van der Waals surface area contributed by atoms with Gasteiger partial charge in [-0.15, -0.1) is 22.0 Å². The number of amides is 1. The van der Waals surface area contributed by atoms with Crippen molar-refractivity contribution in [2.75, 3.05) is 5.75 Å². The molecule has 1 aromatic carbocycles. The molecule has 1 N–H and O–H groups in total. The number of rotatable bonds is 8. The zero-order valence-corrected chi connectivity index (χ0v) is 15.7. The van der Waals surface area contributed by atoms with E-state index in [2.05, 4.69) is 10.2 Å². The van der Waals surface area contributed by atoms with E-state index >= 15 is 0 Å². The van der Waals surface area contributed by atoms with Gasteiger partial charge in [0.1, 0.15) is 0 Å². The number of hydrogen-bond acceptors (Lipinski definition) is 6. The van der Waals surface area contributed by atoms with Crippen molar-refractivity contribution >= 4 is 35.2 Å². The quantitative estimate of drug-likeness (QED) is 0.733. The Balaban J connectivity index is 1.67. The van der Waals surface area contributed by atoms with Crippen molar-refractivity contribution in [2.45, 2.75) is 37.6 Å². The summed E-state index contributed by atoms with van der Waals surface area (Å²) < 4.78 is 5.67. The van der Waals surface area contributed by atoms with Crippen LogP contribution in [-0.2, 0) is 16.1 Å². The largest absolute Gasteiger partial charge is 0.480 e. The predicted octanol–water partition coefficient (Wildman–Crippen LogP) is 3.09. The second-order valence-corrected chi connectivity index (χ2v) is 7.76. The first-order chi connectivity index (χ1) is 12.5. The van der Waals surface area contributed by atoms with Crippen molar-refractivity contribution in [3.8, 4) is 11.5 Å². The lowest BCUT2D eigenvalue weighted by molar-refractivity contribution is -0.136. The number of aliphatic carboxylic acids is 1. The number of carbonyl (C=O) groups excluding carboxylic acids is 1. The van der Waals surface area contributed by atoms with Crippen molar-refractivity contribution < 1.29 is 19.1 Å². The molecule has 0 bridgehead atoms. The van der Waals surface area contributed by atoms with E-state index < -0.39 is 11.2 Å². The minimum atomic E-state index is -0.929. The lowest BCUT2D eigenvalue weighted by atomic mass is 10.2. The summed E-state index contributed by atoms with van der Waals surface area (Å²) in [7, 11) is 0. The molecule has 1 unspecified atom stereocenters. The van der Waals surface area contributed by atoms with Gasteiger partial charge in [-0.2, -0.15) is 0 Å². The lowest BCUT2D eigenvalue weighted by Gasteiger charge is -2.20. The van der Waals surface area contributed by atoms with E-state index in [0.717, 1.165) is 24.6 Å². The normalized spacial score (nSPS) is 14.8. The Morgan fingerprint density at radius 2 is 2.12 bits per heavy atom. The molecule has 7 nitrogen and oxygen atoms in total. The van der Waals surface area contributed by atoms with Gasteiger partial charge in [0.15, 0.2) is 0 Å². The van der Waals surface area contributed by atoms with Crippen molar-refractivity contribution in [2.24, 2.45) is 0 Å². The molecule has 26 heavy (non-hydrogen) atoms. The van der Waals surface area contributed by atoms with Crippen LogP contribution in [0.3, 0.4) is 0 Å². The Hall–Kier alpha value is -2.06. The Morgan fingerprint density at radius 3 is 2.77 bits per heavy atom. The van der Waals surface area contributed by atoms with E-state index in [4.69, 9.17) is 21.1 Å². The molecule has 0 saturated heterocycles. The van der Waals surface area contributed by atoms with E-state index in [9.17, 15) is 9.59 Å². The van der Waals surface area contributed by atoms with Gasteiger partial charge in [0.25, 0.3) is 0 Å². The highest BCUT2D eigenvalue weighted by atomic mass is 35.5. The molecule has 1 amide bonds. The van der Waals surface area contributed by atoms with E-state index in [0.29, 0.717) is 22.4 Å². The summed E-state index contributed by atoms with van der Waals surface area (Å²) in [6.45, 7) is 1.78. The average Bonchev–Trinajstić information content (AvgIpc) is 3.36. The number of carbonyl (C=O) groups is 2. The average molecular weight is 396 g/mol. The SMILES string of the molecule is CC(SCC(=O)N(Cc1nnc(-c2ccccc2Cl)o1)C1CC1)C(=O)O. The third-order valence-corrected chi connectivity index (χ3v) is 5.43. The molecule has 1 aliphatic carbocycles. The zero-order valence-electron chi connectivity index (χ0n) is 14.1. The highest BCUT2D eigenvalue weighted by molar-refractivity contribution is 8.01. The summed E-state index contributed by atoms with van der Waals surface area (Å²) in [6.07, 6.45) is 1.85. The molecule has 1 aromatic heterocycles. The molecule has 1 atom stereocenters. The molecule has 3 rings (SSSR count). The number of benzene rings is 1. The monoisotopic (exact) mass is 395 g/mol. The van der Waals surface area contributed by atoms with E-state index in [-0.39, 0.29) is 24.2 Å². The molecular formula is C17H18ClN3O4S. The fourth-order valence-corrected chi connectivity index (χ4v) is 3.28. The third-order valence-electron chi connectivity index (χ3n) is 3.99. The Kier molecular flexibility index (Phi) is 5.83. The maximum absolute atomic E-state index is 12.5. The number of aromatic nitrogens is 2. The van der Waals surface area contributed by atoms with Gasteiger partial charge < -0.3 is 14.4 Å². The summed E-state index contributed by atoms with van der Waals surface area (Å²) in [5.74, 6) is -0.306. The highest BCUT2D eigenvalue weighted by Crippen LogP contribution is 2.30. The van der Waals surface area contributed by atoms with Gasteiger partial charge in [0.05, 0.1) is 28.1 Å². The van der Waals surface area contributed by atoms with Crippen LogP contribution in [0.15, 0.2) is 28.7 Å². The maximum atomic E-state index is 12.5. The Labute approximate surface area is 159 Å². The second kappa shape index (κ2) is 8.09. The smallest absolute Gasteiger partial charge is 0.316 e. The molecule has 2 aromatic rings. The minimum absolute atomic E-state index is 0.107. The Morgan fingerprint density at radius 1 is 1.38 bits per heavy atom. The first-order valence-electron chi connectivity index (χ1n) is 8.17. The van der Waals surface area contributed by atoms with Crippen LogP contribution in [0, 0.1) is 0 Å². The number of thioether (sulfide) groups is 1. The maximum Gasteiger partial charge on any atom is 0.316 e. The molecule has 1 saturated carbocycles. The Bertz CT molecular complexity index is 809. The summed E-state index contributed by atoms with van der Waals surface area (Å²) in [4.78, 5) is 25.1. The molecule has 9 heteroatoms. The predicted molar refractivity (Wildman–Crippen MR) is 97.9 cm³/mol. The number of hydrogen-bond donors (Lipinski definition) is 1. The molecule has 1 aliphatic rings. The zero-order chi connectivity index (χ0) is 18.7. The van der Waals surface area contributed by atoms with Gasteiger partial charge >= 0.3 is 5.97 Å². The molecule has 1 fully saturated rings. The second-order valence-electron chi connectivity index (χ2n) is 6.03. The lowest BCUT2D eigenvalue weighted by Crippen LogP contribution is -2.34. The molecule has 0 aliphatic heterocycles. The first-order valence-corrected chi connectivity index (χ1v) is 9.59. The van der Waals surface area contributed by atoms with Crippen molar-refractivity contribution in [3.05, 3.63) is 35.2 Å². The first kappa shape index (κ1) is 18.7. The fraction of sp³-hybridized carbons (Fsp3) is 0.412. The number of halogens is 1. The number of nitrogens with zero attached hydrogens (tertiary/aromatic N) is 3. The van der Waals surface area contributed by atoms with Crippen molar-refractivity contribution in [3.63, 3.8) is 0 Å². The van der Waals surface area contributed by atoms with Crippen LogP contribution in [0.1, 0.15) is 25.7 Å². The van der Waals surface area contributed by atoms with Gasteiger partial charge in [-0.25, -0.2) is 0 Å². The van der Waals surface area contributed by atoms with Crippen LogP contribution in [0.25, 0.3) is 11.5 Å². The van der Waals surface area contributed by atoms with Crippen LogP contribution < -0.4 is 0 Å². The van der Waals surface area contributed by atoms with Gasteiger partial charge in [0.2, 0.25) is 17.7 Å². The summed E-state index contributed by atoms with van der Waals surface area (Å²) in [5, 5.41) is 16.8. The van der Waals surface area contributed by atoms with E-state index in [1.165, 1.54) is 0 Å². The molecule has 1 heterocycles. The molecular weight excluding hydrogens is 378 g/mol. The highest BCUT2D eigenvalue weighted by Gasteiger charge is 2.34. The van der Waals surface area contributed by atoms with Gasteiger partial charge in [-0.3, -0.25) is 9.59 Å². The van der Waals surface area contributed by atoms with Crippen LogP contribution >= 0.6 is 23.4 Å². The minimum Gasteiger partial charge on any atom is -0.480 e. The fourth-order valence-electron chi connectivity index (χ4n) is 2.36. The number of carboxylic acid groups (broad SMARTS) is 1. The van der Waals surface area contributed by atoms with Gasteiger partial charge in [-0.05, 0) is 31.9 Å². The molecule has 138 valence electrons. The summed E-state index contributed by atoms with van der Waals surface area (Å²) in [6, 6.07) is 7.31. The standard InChI is InChI=1S/C17H18ClN3O4S/c1-10(17(23)24)26-9-15(22)21(11-6-7-11)8-14-19-20-16(25-14)12-4-2-3-5-13(12)18/h2-5,10-11H,6-9H2,1H3,(H,23,24). The molecule has 0 radical (unpaired) electrons. The van der Waals surface area contributed by atoms with Crippen molar-refractivity contribution in [1.29, 1.82) is 0 Å². The van der Waals surface area contributed by atoms with Crippen LogP contribution in [0.2, 0.25) is 5.02 Å². The van der Waals surface area contributed by atoms with Crippen LogP contribution in [0.4, 0.5) is 0 Å². The number of carboxylic acids is 1. The topological polar surface area (TPSA) is 96.5 Å². The van der Waals surface area contributed by atoms with Crippen molar-refractivity contribution in [1.82, 2.24) is 15.1 Å². The van der Waals surface area contributed by atoms with E-state index in [1.54, 1.807) is 24.0 Å². The van der Waals surface area contributed by atoms with Gasteiger partial charge in [-0.1, -0.05) is 23.7 Å². The third kappa shape index (κ3) is 4.56. The van der Waals surface area contributed by atoms with E-state index in [1.807, 2.05) is 12.1 Å². The summed E-state index contributed by atoms with van der Waals surface area (Å²) >= 11 is 7.24. The van der Waals surface area contributed by atoms with Crippen LogP contribution in [0.5, 0.6) is 0 Å².